The van der Waals surface area contributed by atoms with E-state index in [4.69, 9.17) is 4.74 Å². The quantitative estimate of drug-likeness (QED) is 0.663. The van der Waals surface area contributed by atoms with E-state index in [1.807, 2.05) is 35.2 Å². The number of benzene rings is 2. The van der Waals surface area contributed by atoms with Gasteiger partial charge >= 0.3 is 0 Å². The molecule has 0 aliphatic carbocycles. The van der Waals surface area contributed by atoms with E-state index in [-0.39, 0.29) is 23.2 Å². The SMILES string of the molecule is O=C(NCCCOc1ccc(F)cc1)C(c1ccccc1)N1CCS(=O)(=O)CC1. The van der Waals surface area contributed by atoms with Gasteiger partial charge in [0.1, 0.15) is 17.6 Å². The molecule has 1 atom stereocenters. The van der Waals surface area contributed by atoms with Crippen molar-refractivity contribution in [1.82, 2.24) is 10.2 Å². The first-order valence-electron chi connectivity index (χ1n) is 9.60. The molecule has 1 saturated heterocycles. The molecule has 29 heavy (non-hydrogen) atoms. The number of rotatable bonds is 8. The Labute approximate surface area is 170 Å². The Morgan fingerprint density at radius 3 is 2.38 bits per heavy atom. The highest BCUT2D eigenvalue weighted by molar-refractivity contribution is 7.91. The standard InChI is InChI=1S/C21H25FN2O4S/c22-18-7-9-19(10-8-18)28-14-4-11-23-21(25)20(17-5-2-1-3-6-17)24-12-15-29(26,27)16-13-24/h1-3,5-10,20H,4,11-16H2,(H,23,25). The van der Waals surface area contributed by atoms with Crippen LogP contribution in [0.15, 0.2) is 54.6 Å². The lowest BCUT2D eigenvalue weighted by molar-refractivity contribution is -0.126. The minimum Gasteiger partial charge on any atom is -0.494 e. The van der Waals surface area contributed by atoms with Gasteiger partial charge < -0.3 is 10.1 Å². The van der Waals surface area contributed by atoms with E-state index >= 15 is 0 Å². The number of carbonyl (C=O) groups excluding carboxylic acids is 1. The molecule has 1 N–H and O–H groups in total. The van der Waals surface area contributed by atoms with Crippen molar-refractivity contribution < 1.29 is 22.3 Å². The van der Waals surface area contributed by atoms with Crippen molar-refractivity contribution in [1.29, 1.82) is 0 Å². The number of carbonyl (C=O) groups is 1. The lowest BCUT2D eigenvalue weighted by atomic mass is 10.0. The highest BCUT2D eigenvalue weighted by Crippen LogP contribution is 2.23. The fourth-order valence-electron chi connectivity index (χ4n) is 3.25. The second-order valence-electron chi connectivity index (χ2n) is 6.95. The van der Waals surface area contributed by atoms with E-state index in [2.05, 4.69) is 5.32 Å². The molecule has 6 nitrogen and oxygen atoms in total. The van der Waals surface area contributed by atoms with Gasteiger partial charge in [-0.15, -0.1) is 0 Å². The number of nitrogens with zero attached hydrogens (tertiary/aromatic N) is 1. The molecule has 1 aliphatic heterocycles. The Kier molecular flexibility index (Phi) is 7.22. The van der Waals surface area contributed by atoms with Crippen molar-refractivity contribution in [2.75, 3.05) is 37.7 Å². The zero-order valence-corrected chi connectivity index (χ0v) is 16.9. The summed E-state index contributed by atoms with van der Waals surface area (Å²) in [7, 11) is -3.02. The van der Waals surface area contributed by atoms with Crippen molar-refractivity contribution in [2.24, 2.45) is 0 Å². The van der Waals surface area contributed by atoms with Crippen molar-refractivity contribution >= 4 is 15.7 Å². The summed E-state index contributed by atoms with van der Waals surface area (Å²) in [4.78, 5) is 14.8. The fraction of sp³-hybridized carbons (Fsp3) is 0.381. The molecule has 1 amide bonds. The second kappa shape index (κ2) is 9.84. The largest absolute Gasteiger partial charge is 0.494 e. The summed E-state index contributed by atoms with van der Waals surface area (Å²) in [6.45, 7) is 1.49. The third-order valence-corrected chi connectivity index (χ3v) is 6.42. The molecular weight excluding hydrogens is 395 g/mol. The van der Waals surface area contributed by atoms with Crippen molar-refractivity contribution in [3.63, 3.8) is 0 Å². The molecule has 0 bridgehead atoms. The average molecular weight is 421 g/mol. The predicted octanol–water partition coefficient (Wildman–Crippen LogP) is 2.18. The van der Waals surface area contributed by atoms with Crippen LogP contribution in [0.4, 0.5) is 4.39 Å². The van der Waals surface area contributed by atoms with Crippen LogP contribution in [-0.4, -0.2) is 57.0 Å². The summed E-state index contributed by atoms with van der Waals surface area (Å²) in [6, 6.07) is 14.6. The molecule has 1 unspecified atom stereocenters. The molecule has 0 aromatic heterocycles. The van der Waals surface area contributed by atoms with E-state index in [1.165, 1.54) is 12.1 Å². The summed E-state index contributed by atoms with van der Waals surface area (Å²) in [5.74, 6) is 0.235. The first kappa shape index (κ1) is 21.3. The fourth-order valence-corrected chi connectivity index (χ4v) is 4.48. The van der Waals surface area contributed by atoms with Gasteiger partial charge in [-0.25, -0.2) is 12.8 Å². The number of amides is 1. The zero-order valence-electron chi connectivity index (χ0n) is 16.1. The Morgan fingerprint density at radius 1 is 1.07 bits per heavy atom. The van der Waals surface area contributed by atoms with E-state index in [9.17, 15) is 17.6 Å². The highest BCUT2D eigenvalue weighted by atomic mass is 32.2. The maximum atomic E-state index is 12.9. The third kappa shape index (κ3) is 6.27. The zero-order chi connectivity index (χ0) is 20.7. The van der Waals surface area contributed by atoms with Crippen LogP contribution in [-0.2, 0) is 14.6 Å². The topological polar surface area (TPSA) is 75.7 Å². The molecule has 156 valence electrons. The van der Waals surface area contributed by atoms with Gasteiger partial charge in [0.05, 0.1) is 18.1 Å². The summed E-state index contributed by atoms with van der Waals surface area (Å²) < 4.78 is 41.9. The number of nitrogens with one attached hydrogen (secondary N) is 1. The van der Waals surface area contributed by atoms with E-state index < -0.39 is 15.9 Å². The van der Waals surface area contributed by atoms with Crippen LogP contribution < -0.4 is 10.1 Å². The number of ether oxygens (including phenoxy) is 1. The molecule has 1 aliphatic rings. The molecular formula is C21H25FN2O4S. The van der Waals surface area contributed by atoms with Gasteiger partial charge in [0, 0.05) is 19.6 Å². The van der Waals surface area contributed by atoms with Crippen LogP contribution in [0.3, 0.4) is 0 Å². The lowest BCUT2D eigenvalue weighted by Crippen LogP contribution is -2.47. The van der Waals surface area contributed by atoms with Gasteiger partial charge in [-0.1, -0.05) is 30.3 Å². The average Bonchev–Trinajstić information content (AvgIpc) is 2.71. The van der Waals surface area contributed by atoms with Crippen molar-refractivity contribution in [3.8, 4) is 5.75 Å². The van der Waals surface area contributed by atoms with E-state index in [0.717, 1.165) is 5.56 Å². The molecule has 2 aromatic rings. The van der Waals surface area contributed by atoms with Crippen LogP contribution in [0, 0.1) is 5.82 Å². The van der Waals surface area contributed by atoms with Crippen LogP contribution in [0.1, 0.15) is 18.0 Å². The van der Waals surface area contributed by atoms with Crippen LogP contribution in [0.2, 0.25) is 0 Å². The van der Waals surface area contributed by atoms with Crippen molar-refractivity contribution in [3.05, 3.63) is 66.0 Å². The highest BCUT2D eigenvalue weighted by Gasteiger charge is 2.32. The third-order valence-electron chi connectivity index (χ3n) is 4.81. The number of halogens is 1. The molecule has 3 rings (SSSR count). The molecule has 1 heterocycles. The Hall–Kier alpha value is -2.45. The van der Waals surface area contributed by atoms with Gasteiger partial charge in [-0.05, 0) is 36.2 Å². The minimum atomic E-state index is -3.02. The summed E-state index contributed by atoms with van der Waals surface area (Å²) in [5, 5.41) is 2.92. The normalized spacial score (nSPS) is 17.4. The van der Waals surface area contributed by atoms with E-state index in [1.54, 1.807) is 12.1 Å². The Balaban J connectivity index is 1.53. The first-order chi connectivity index (χ1) is 13.9. The smallest absolute Gasteiger partial charge is 0.241 e. The predicted molar refractivity (Wildman–Crippen MR) is 109 cm³/mol. The Morgan fingerprint density at radius 2 is 1.72 bits per heavy atom. The molecule has 2 aromatic carbocycles. The van der Waals surface area contributed by atoms with Crippen molar-refractivity contribution in [2.45, 2.75) is 12.5 Å². The summed E-state index contributed by atoms with van der Waals surface area (Å²) >= 11 is 0. The summed E-state index contributed by atoms with van der Waals surface area (Å²) in [6.07, 6.45) is 0.596. The molecule has 0 radical (unpaired) electrons. The van der Waals surface area contributed by atoms with Gasteiger partial charge in [0.25, 0.3) is 0 Å². The van der Waals surface area contributed by atoms with Gasteiger partial charge in [0.2, 0.25) is 5.91 Å². The van der Waals surface area contributed by atoms with Gasteiger partial charge in [-0.3, -0.25) is 9.69 Å². The minimum absolute atomic E-state index is 0.0646. The van der Waals surface area contributed by atoms with Crippen LogP contribution in [0.25, 0.3) is 0 Å². The molecule has 0 spiro atoms. The lowest BCUT2D eigenvalue weighted by Gasteiger charge is -2.33. The summed E-state index contributed by atoms with van der Waals surface area (Å²) in [5.41, 5.74) is 0.840. The second-order valence-corrected chi connectivity index (χ2v) is 9.25. The number of hydrogen-bond acceptors (Lipinski definition) is 5. The monoisotopic (exact) mass is 420 g/mol. The molecule has 0 saturated carbocycles. The number of hydrogen-bond donors (Lipinski definition) is 1. The van der Waals surface area contributed by atoms with Crippen LogP contribution >= 0.6 is 0 Å². The maximum absolute atomic E-state index is 12.9. The Bertz CT molecular complexity index is 890. The molecule has 8 heteroatoms. The number of sulfone groups is 1. The van der Waals surface area contributed by atoms with Crippen LogP contribution in [0.5, 0.6) is 5.75 Å². The molecule has 1 fully saturated rings. The first-order valence-corrected chi connectivity index (χ1v) is 11.4. The maximum Gasteiger partial charge on any atom is 0.241 e. The van der Waals surface area contributed by atoms with Gasteiger partial charge in [0.15, 0.2) is 9.84 Å². The van der Waals surface area contributed by atoms with Gasteiger partial charge in [-0.2, -0.15) is 0 Å². The van der Waals surface area contributed by atoms with E-state index in [0.29, 0.717) is 38.4 Å².